The zero-order valence-corrected chi connectivity index (χ0v) is 26.5. The molecule has 2 aliphatic rings. The topological polar surface area (TPSA) is 359 Å². The zero-order chi connectivity index (χ0) is 35.2. The van der Waals surface area contributed by atoms with Crippen molar-refractivity contribution in [2.45, 2.75) is 49.1 Å². The fourth-order valence-corrected chi connectivity index (χ4v) is 7.49. The average Bonchev–Trinajstić information content (AvgIpc) is 3.64. The molecule has 5 heterocycles. The van der Waals surface area contributed by atoms with Crippen LogP contribution in [0, 0.1) is 0 Å². The third-order valence-corrected chi connectivity index (χ3v) is 10.1. The number of aliphatic hydroxyl groups is 3. The summed E-state index contributed by atoms with van der Waals surface area (Å²) < 4.78 is 68.0. The summed E-state index contributed by atoms with van der Waals surface area (Å²) in [6, 6.07) is 2.78. The third-order valence-electron chi connectivity index (χ3n) is 6.97. The van der Waals surface area contributed by atoms with E-state index in [0.29, 0.717) is 0 Å². The van der Waals surface area contributed by atoms with Gasteiger partial charge in [0.2, 0.25) is 0 Å². The lowest BCUT2D eigenvalue weighted by Gasteiger charge is -2.22. The molecule has 0 radical (unpaired) electrons. The largest absolute Gasteiger partial charge is 0.481 e. The molecular formula is C21H28N6O18P3+. The molecule has 48 heavy (non-hydrogen) atoms. The molecule has 2 unspecified atom stereocenters. The highest BCUT2D eigenvalue weighted by Crippen LogP contribution is 2.61. The molecule has 2 saturated heterocycles. The number of aromatic nitrogens is 5. The molecule has 5 rings (SSSR count). The molecule has 27 heteroatoms. The monoisotopic (exact) mass is 745 g/mol. The predicted molar refractivity (Wildman–Crippen MR) is 149 cm³/mol. The number of hydrogen-bond acceptors (Lipinski definition) is 16. The first-order valence-corrected chi connectivity index (χ1v) is 17.8. The molecule has 24 nitrogen and oxygen atoms in total. The molecule has 0 bridgehead atoms. The van der Waals surface area contributed by atoms with E-state index in [1.807, 2.05) is 0 Å². The van der Waals surface area contributed by atoms with E-state index in [2.05, 4.69) is 32.8 Å². The van der Waals surface area contributed by atoms with Gasteiger partial charge in [0.05, 0.1) is 19.5 Å². The van der Waals surface area contributed by atoms with Gasteiger partial charge < -0.3 is 55.1 Å². The van der Waals surface area contributed by atoms with Crippen LogP contribution in [0.5, 0.6) is 0 Å². The van der Waals surface area contributed by atoms with Gasteiger partial charge in [0.25, 0.3) is 17.7 Å². The molecule has 2 aliphatic heterocycles. The van der Waals surface area contributed by atoms with Crippen molar-refractivity contribution in [2.75, 3.05) is 13.2 Å². The Morgan fingerprint density at radius 2 is 1.65 bits per heavy atom. The number of aliphatic hydroxyl groups excluding tert-OH is 3. The van der Waals surface area contributed by atoms with Crippen molar-refractivity contribution in [3.05, 3.63) is 53.1 Å². The van der Waals surface area contributed by atoms with Gasteiger partial charge in [-0.1, -0.05) is 0 Å². The van der Waals surface area contributed by atoms with Gasteiger partial charge in [0.15, 0.2) is 35.9 Å². The van der Waals surface area contributed by atoms with Crippen LogP contribution in [0.1, 0.15) is 22.8 Å². The molecule has 3 aromatic rings. The van der Waals surface area contributed by atoms with Crippen LogP contribution in [0.4, 0.5) is 0 Å². The van der Waals surface area contributed by atoms with E-state index in [9.17, 15) is 58.2 Å². The number of nitrogens with one attached hydrogen (secondary N) is 1. The Labute approximate surface area is 266 Å². The molecular weight excluding hydrogens is 717 g/mol. The Bertz CT molecular complexity index is 1870. The zero-order valence-electron chi connectivity index (χ0n) is 23.8. The van der Waals surface area contributed by atoms with Crippen molar-refractivity contribution in [3.63, 3.8) is 0 Å². The minimum absolute atomic E-state index is 0.0353. The Balaban J connectivity index is 1.21. The second kappa shape index (κ2) is 13.8. The highest BCUT2D eigenvalue weighted by Gasteiger charge is 2.51. The van der Waals surface area contributed by atoms with Crippen LogP contribution >= 0.6 is 23.5 Å². The molecule has 1 amide bonds. The first kappa shape index (κ1) is 36.4. The number of imidazole rings is 1. The van der Waals surface area contributed by atoms with Crippen LogP contribution in [0.15, 0.2) is 42.0 Å². The number of pyridine rings is 1. The van der Waals surface area contributed by atoms with Gasteiger partial charge in [-0.25, -0.2) is 23.7 Å². The summed E-state index contributed by atoms with van der Waals surface area (Å²) in [5.41, 5.74) is 4.15. The Morgan fingerprint density at radius 1 is 1.00 bits per heavy atom. The summed E-state index contributed by atoms with van der Waals surface area (Å²) in [6.07, 6.45) is -8.88. The highest BCUT2D eigenvalue weighted by molar-refractivity contribution is 7.61. The number of fused-ring (bicyclic) bond motifs is 1. The number of rotatable bonds is 13. The number of carbonyl (C=O) groups is 1. The number of primary amides is 1. The molecule has 0 spiro atoms. The predicted octanol–water partition coefficient (Wildman–Crippen LogP) is -3.19. The summed E-state index contributed by atoms with van der Waals surface area (Å²) in [5.74, 6) is -0.796. The van der Waals surface area contributed by atoms with Gasteiger partial charge in [-0.3, -0.25) is 27.7 Å². The molecule has 10 atom stereocenters. The van der Waals surface area contributed by atoms with Gasteiger partial charge in [0, 0.05) is 6.07 Å². The molecule has 264 valence electrons. The molecule has 10 N–H and O–H groups in total. The van der Waals surface area contributed by atoms with Crippen LogP contribution in [-0.2, 0) is 41.1 Å². The van der Waals surface area contributed by atoms with E-state index in [1.165, 1.54) is 29.1 Å². The Kier molecular flexibility index (Phi) is 10.5. The van der Waals surface area contributed by atoms with E-state index < -0.39 is 97.2 Å². The number of ether oxygens (including phenoxy) is 2. The number of nitrogens with two attached hydrogens (primary N) is 1. The van der Waals surface area contributed by atoms with Crippen LogP contribution < -0.4 is 15.9 Å². The highest BCUT2D eigenvalue weighted by atomic mass is 31.3. The van der Waals surface area contributed by atoms with Gasteiger partial charge in [0.1, 0.15) is 42.4 Å². The van der Waals surface area contributed by atoms with Crippen molar-refractivity contribution < 1.29 is 85.3 Å². The quantitative estimate of drug-likeness (QED) is 0.0615. The lowest BCUT2D eigenvalue weighted by molar-refractivity contribution is -0.765. The van der Waals surface area contributed by atoms with Crippen LogP contribution in [0.25, 0.3) is 11.2 Å². The Morgan fingerprint density at radius 3 is 2.27 bits per heavy atom. The maximum absolute atomic E-state index is 12.5. The summed E-state index contributed by atoms with van der Waals surface area (Å²) in [4.78, 5) is 72.7. The van der Waals surface area contributed by atoms with Crippen molar-refractivity contribution in [2.24, 2.45) is 5.73 Å². The lowest BCUT2D eigenvalue weighted by Crippen LogP contribution is -2.46. The van der Waals surface area contributed by atoms with E-state index in [-0.39, 0.29) is 16.7 Å². The molecule has 0 aromatic carbocycles. The van der Waals surface area contributed by atoms with Crippen LogP contribution in [0.2, 0.25) is 0 Å². The van der Waals surface area contributed by atoms with E-state index in [4.69, 9.17) is 15.2 Å². The number of hydrogen-bond donors (Lipinski definition) is 9. The smallest absolute Gasteiger partial charge is 0.387 e. The second-order valence-electron chi connectivity index (χ2n) is 10.2. The van der Waals surface area contributed by atoms with Crippen molar-refractivity contribution >= 4 is 40.5 Å². The molecule has 3 aromatic heterocycles. The van der Waals surface area contributed by atoms with Gasteiger partial charge in [-0.05, 0) is 6.07 Å². The number of nitrogens with zero attached hydrogens (tertiary/aromatic N) is 4. The van der Waals surface area contributed by atoms with Gasteiger partial charge >= 0.3 is 23.5 Å². The summed E-state index contributed by atoms with van der Waals surface area (Å²) in [5, 5.41) is 31.5. The first-order valence-electron chi connectivity index (χ1n) is 13.3. The van der Waals surface area contributed by atoms with Gasteiger partial charge in [-0.15, -0.1) is 0 Å². The van der Waals surface area contributed by atoms with E-state index in [1.54, 1.807) is 0 Å². The number of carbonyl (C=O) groups excluding carboxylic acids is 1. The molecule has 2 fully saturated rings. The SMILES string of the molecule is NC(=O)c1ccc[n+]([C@@H]2O[C@H](COP(=O)(O)OP(=O)(O)OC[C@H]3O[C@@H](n4cnc5nc[nH]c(=O)c54)[C@H](OP(=O)(O)O)[C@@H]3O)[C@@H](O)[C@H]2O)c1. The number of aromatic amines is 1. The first-order chi connectivity index (χ1) is 22.4. The van der Waals surface area contributed by atoms with E-state index >= 15 is 0 Å². The van der Waals surface area contributed by atoms with Crippen molar-refractivity contribution in [1.82, 2.24) is 19.5 Å². The van der Waals surface area contributed by atoms with Crippen molar-refractivity contribution in [1.29, 1.82) is 0 Å². The summed E-state index contributed by atoms with van der Waals surface area (Å²) in [6.45, 7) is -2.09. The van der Waals surface area contributed by atoms with Crippen molar-refractivity contribution in [3.8, 4) is 0 Å². The minimum Gasteiger partial charge on any atom is -0.387 e. The fourth-order valence-electron chi connectivity index (χ4n) is 4.85. The number of amides is 1. The maximum Gasteiger partial charge on any atom is 0.481 e. The second-order valence-corrected chi connectivity index (χ2v) is 14.5. The van der Waals surface area contributed by atoms with E-state index in [0.717, 1.165) is 17.2 Å². The standard InChI is InChI=1S/C21H27N6O18P3/c22-17(31)9-2-1-3-26(4-9)20-15(30)13(28)10(42-20)5-40-47(36,37)45-48(38,39)41-6-11-14(29)16(44-46(33,34)35)21(43-11)27-8-25-18-12(27)19(32)24-7-23-18/h1-4,7-8,10-11,13-16,20-21,28-30H,5-6H2,(H6-,22,23,24,31,32,33,34,35,36,37,38,39)/p+1/t10-,11-,13-,14-,15-,16-,20-,21-/m1/s1. The van der Waals surface area contributed by atoms with Crippen LogP contribution in [-0.4, -0.2) is 110 Å². The third kappa shape index (κ3) is 8.12. The number of phosphoric ester groups is 3. The van der Waals surface area contributed by atoms with Crippen LogP contribution in [0.3, 0.4) is 0 Å². The average molecular weight is 745 g/mol. The summed E-state index contributed by atoms with van der Waals surface area (Å²) >= 11 is 0. The molecule has 0 saturated carbocycles. The minimum atomic E-state index is -5.55. The molecule has 0 aliphatic carbocycles. The number of phosphoric acid groups is 3. The lowest BCUT2D eigenvalue weighted by atomic mass is 10.1. The number of H-pyrrole nitrogens is 1. The summed E-state index contributed by atoms with van der Waals surface area (Å²) in [7, 11) is -16.4. The maximum atomic E-state index is 12.5. The Hall–Kier alpha value is -2.86. The normalized spacial score (nSPS) is 30.3. The fraction of sp³-hybridized carbons (Fsp3) is 0.476. The van der Waals surface area contributed by atoms with Gasteiger partial charge in [-0.2, -0.15) is 8.88 Å².